The Morgan fingerprint density at radius 1 is 0.828 bits per heavy atom. The highest BCUT2D eigenvalue weighted by atomic mass is 32.2. The fourth-order valence-electron chi connectivity index (χ4n) is 2.71. The molecule has 9 heteroatoms. The number of nitrogen functional groups attached to an aromatic ring is 1. The van der Waals surface area contributed by atoms with Crippen LogP contribution in [0.1, 0.15) is 0 Å². The maximum atomic E-state index is 12.8. The Morgan fingerprint density at radius 3 is 2.14 bits per heavy atom. The van der Waals surface area contributed by atoms with Gasteiger partial charge in [-0.15, -0.1) is 0 Å². The van der Waals surface area contributed by atoms with Crippen molar-refractivity contribution in [2.45, 2.75) is 4.90 Å². The van der Waals surface area contributed by atoms with Gasteiger partial charge >= 0.3 is 0 Å². The summed E-state index contributed by atoms with van der Waals surface area (Å²) in [5, 5.41) is 12.7. The predicted octanol–water partition coefficient (Wildman–Crippen LogP) is 3.46. The summed E-state index contributed by atoms with van der Waals surface area (Å²) >= 11 is 0. The first-order chi connectivity index (χ1) is 13.9. The van der Waals surface area contributed by atoms with Crippen LogP contribution in [0.5, 0.6) is 5.75 Å². The summed E-state index contributed by atoms with van der Waals surface area (Å²) in [6.07, 6.45) is 0. The minimum Gasteiger partial charge on any atom is -0.508 e. The van der Waals surface area contributed by atoms with E-state index in [0.29, 0.717) is 22.4 Å². The van der Waals surface area contributed by atoms with Crippen molar-refractivity contribution in [1.29, 1.82) is 0 Å². The molecule has 0 aliphatic heterocycles. The lowest BCUT2D eigenvalue weighted by Gasteiger charge is -2.14. The van der Waals surface area contributed by atoms with Crippen molar-refractivity contribution in [3.63, 3.8) is 0 Å². The van der Waals surface area contributed by atoms with Crippen molar-refractivity contribution in [3.8, 4) is 5.75 Å². The number of phenols is 1. The van der Waals surface area contributed by atoms with Gasteiger partial charge in [0.05, 0.1) is 15.9 Å². The molecule has 0 atom stereocenters. The van der Waals surface area contributed by atoms with Crippen LogP contribution in [0.4, 0.5) is 23.0 Å². The molecule has 0 fully saturated rings. The number of rotatable bonds is 5. The van der Waals surface area contributed by atoms with Crippen molar-refractivity contribution in [2.24, 2.45) is 0 Å². The van der Waals surface area contributed by atoms with Crippen molar-refractivity contribution in [1.82, 2.24) is 9.97 Å². The van der Waals surface area contributed by atoms with Gasteiger partial charge < -0.3 is 16.2 Å². The third-order valence-corrected chi connectivity index (χ3v) is 5.46. The second-order valence-electron chi connectivity index (χ2n) is 6.26. The number of hydrogen-bond acceptors (Lipinski definition) is 7. The molecular weight excluding hydrogens is 390 g/mol. The van der Waals surface area contributed by atoms with Crippen molar-refractivity contribution >= 4 is 44.1 Å². The highest BCUT2D eigenvalue weighted by Gasteiger charge is 2.19. The quantitative estimate of drug-likeness (QED) is 0.373. The number of hydrogen-bond donors (Lipinski definition) is 4. The molecule has 0 unspecified atom stereocenters. The molecule has 0 saturated heterocycles. The zero-order valence-corrected chi connectivity index (χ0v) is 15.9. The Balaban J connectivity index is 1.78. The summed E-state index contributed by atoms with van der Waals surface area (Å²) in [6.45, 7) is 0. The molecule has 0 aliphatic rings. The van der Waals surface area contributed by atoms with E-state index in [1.165, 1.54) is 36.4 Å². The molecule has 0 bridgehead atoms. The van der Waals surface area contributed by atoms with E-state index in [4.69, 9.17) is 5.73 Å². The Morgan fingerprint density at radius 2 is 1.48 bits per heavy atom. The second kappa shape index (κ2) is 7.28. The first kappa shape index (κ1) is 18.5. The first-order valence-corrected chi connectivity index (χ1v) is 10.1. The molecule has 146 valence electrons. The number of sulfonamides is 1. The molecule has 29 heavy (non-hydrogen) atoms. The van der Waals surface area contributed by atoms with Gasteiger partial charge in [-0.05, 0) is 48.5 Å². The Kier molecular flexibility index (Phi) is 4.65. The van der Waals surface area contributed by atoms with Gasteiger partial charge in [0.15, 0.2) is 11.6 Å². The molecule has 4 aromatic rings. The van der Waals surface area contributed by atoms with Gasteiger partial charge in [0.2, 0.25) is 0 Å². The fourth-order valence-corrected chi connectivity index (χ4v) is 3.72. The SMILES string of the molecule is Nc1ccc(S(=O)(=O)Nc2nc3ccccc3nc2Nc2cccc(O)c2)cc1. The molecule has 1 aromatic heterocycles. The number of fused-ring (bicyclic) bond motifs is 1. The maximum Gasteiger partial charge on any atom is 0.263 e. The van der Waals surface area contributed by atoms with Crippen LogP contribution in [0, 0.1) is 0 Å². The average Bonchev–Trinajstić information content (AvgIpc) is 2.68. The summed E-state index contributed by atoms with van der Waals surface area (Å²) < 4.78 is 28.1. The van der Waals surface area contributed by atoms with E-state index in [2.05, 4.69) is 20.0 Å². The first-order valence-electron chi connectivity index (χ1n) is 8.62. The molecule has 4 rings (SSSR count). The number of aromatic nitrogens is 2. The lowest BCUT2D eigenvalue weighted by Crippen LogP contribution is -2.16. The normalized spacial score (nSPS) is 11.3. The second-order valence-corrected chi connectivity index (χ2v) is 7.94. The van der Waals surface area contributed by atoms with Gasteiger partial charge in [-0.25, -0.2) is 18.4 Å². The van der Waals surface area contributed by atoms with Crippen LogP contribution in [0.3, 0.4) is 0 Å². The van der Waals surface area contributed by atoms with Crippen LogP contribution in [-0.2, 0) is 10.0 Å². The predicted molar refractivity (Wildman–Crippen MR) is 113 cm³/mol. The third-order valence-electron chi connectivity index (χ3n) is 4.10. The summed E-state index contributed by atoms with van der Waals surface area (Å²) in [4.78, 5) is 8.96. The highest BCUT2D eigenvalue weighted by Crippen LogP contribution is 2.28. The van der Waals surface area contributed by atoms with Crippen LogP contribution in [0.25, 0.3) is 11.0 Å². The van der Waals surface area contributed by atoms with Gasteiger partial charge in [-0.1, -0.05) is 18.2 Å². The number of phenolic OH excluding ortho intramolecular Hbond substituents is 1. The van der Waals surface area contributed by atoms with E-state index in [9.17, 15) is 13.5 Å². The topological polar surface area (TPSA) is 130 Å². The average molecular weight is 407 g/mol. The summed E-state index contributed by atoms with van der Waals surface area (Å²) in [5.74, 6) is 0.296. The van der Waals surface area contributed by atoms with E-state index in [-0.39, 0.29) is 22.3 Å². The van der Waals surface area contributed by atoms with E-state index in [1.807, 2.05) is 6.07 Å². The minimum absolute atomic E-state index is 0.0314. The third kappa shape index (κ3) is 4.04. The number of nitrogens with two attached hydrogens (primary N) is 1. The lowest BCUT2D eigenvalue weighted by atomic mass is 10.3. The van der Waals surface area contributed by atoms with Crippen LogP contribution >= 0.6 is 0 Å². The molecule has 0 amide bonds. The van der Waals surface area contributed by atoms with Crippen molar-refractivity contribution in [3.05, 3.63) is 72.8 Å². The zero-order valence-electron chi connectivity index (χ0n) is 15.1. The molecule has 0 saturated carbocycles. The highest BCUT2D eigenvalue weighted by molar-refractivity contribution is 7.92. The van der Waals surface area contributed by atoms with E-state index >= 15 is 0 Å². The fraction of sp³-hybridized carbons (Fsp3) is 0. The van der Waals surface area contributed by atoms with E-state index in [0.717, 1.165) is 0 Å². The monoisotopic (exact) mass is 407 g/mol. The molecule has 5 N–H and O–H groups in total. The number of para-hydroxylation sites is 2. The summed E-state index contributed by atoms with van der Waals surface area (Å²) in [5.41, 5.74) is 7.75. The molecule has 0 aliphatic carbocycles. The van der Waals surface area contributed by atoms with Crippen LogP contribution in [-0.4, -0.2) is 23.5 Å². The van der Waals surface area contributed by atoms with Crippen LogP contribution < -0.4 is 15.8 Å². The molecular formula is C20H17N5O3S. The Labute approximate surface area is 167 Å². The number of benzene rings is 3. The van der Waals surface area contributed by atoms with Gasteiger partial charge in [0.1, 0.15) is 5.75 Å². The summed E-state index contributed by atoms with van der Waals surface area (Å²) in [6, 6.07) is 19.3. The van der Waals surface area contributed by atoms with E-state index < -0.39 is 10.0 Å². The Hall–Kier alpha value is -3.85. The molecule has 8 nitrogen and oxygen atoms in total. The van der Waals surface area contributed by atoms with Crippen LogP contribution in [0.2, 0.25) is 0 Å². The molecule has 3 aromatic carbocycles. The van der Waals surface area contributed by atoms with Crippen LogP contribution in [0.15, 0.2) is 77.7 Å². The number of anilines is 4. The molecule has 0 spiro atoms. The number of nitrogens with one attached hydrogen (secondary N) is 2. The Bertz CT molecular complexity index is 1290. The van der Waals surface area contributed by atoms with Crippen molar-refractivity contribution < 1.29 is 13.5 Å². The van der Waals surface area contributed by atoms with Gasteiger partial charge in [-0.2, -0.15) is 0 Å². The summed E-state index contributed by atoms with van der Waals surface area (Å²) in [7, 11) is -3.92. The largest absolute Gasteiger partial charge is 0.508 e. The van der Waals surface area contributed by atoms with Crippen molar-refractivity contribution in [2.75, 3.05) is 15.8 Å². The standard InChI is InChI=1S/C20H17N5O3S/c21-13-8-10-16(11-9-13)29(27,28)25-20-19(22-14-4-3-5-15(26)12-14)23-17-6-1-2-7-18(17)24-20/h1-12,26H,21H2,(H,22,23)(H,24,25). The smallest absolute Gasteiger partial charge is 0.263 e. The molecule has 1 heterocycles. The molecule has 0 radical (unpaired) electrons. The van der Waals surface area contributed by atoms with Gasteiger partial charge in [-0.3, -0.25) is 4.72 Å². The van der Waals surface area contributed by atoms with Gasteiger partial charge in [0.25, 0.3) is 10.0 Å². The van der Waals surface area contributed by atoms with Gasteiger partial charge in [0, 0.05) is 17.4 Å². The minimum atomic E-state index is -3.92. The lowest BCUT2D eigenvalue weighted by molar-refractivity contribution is 0.475. The van der Waals surface area contributed by atoms with E-state index in [1.54, 1.807) is 30.3 Å². The maximum absolute atomic E-state index is 12.8. The number of nitrogens with zero attached hydrogens (tertiary/aromatic N) is 2. The zero-order chi connectivity index (χ0) is 20.4. The number of aromatic hydroxyl groups is 1.